The Kier molecular flexibility index (Phi) is 3.80. The molecule has 0 fully saturated rings. The van der Waals surface area contributed by atoms with E-state index in [9.17, 15) is 9.18 Å². The van der Waals surface area contributed by atoms with Crippen LogP contribution in [0.5, 0.6) is 0 Å². The van der Waals surface area contributed by atoms with Gasteiger partial charge in [-0.3, -0.25) is 9.78 Å². The van der Waals surface area contributed by atoms with Gasteiger partial charge in [0.1, 0.15) is 5.82 Å². The molecule has 0 spiro atoms. The molecule has 0 saturated heterocycles. The van der Waals surface area contributed by atoms with Crippen LogP contribution in [0.3, 0.4) is 0 Å². The number of nitrogen functional groups attached to an aromatic ring is 1. The molecule has 2 aromatic rings. The number of amides is 1. The number of carbonyl (C=O) groups is 1. The van der Waals surface area contributed by atoms with Crippen LogP contribution in [0.15, 0.2) is 34.9 Å². The van der Waals surface area contributed by atoms with Crippen molar-refractivity contribution in [1.29, 1.82) is 0 Å². The van der Waals surface area contributed by atoms with Crippen molar-refractivity contribution in [3.8, 4) is 0 Å². The van der Waals surface area contributed by atoms with Crippen molar-refractivity contribution < 1.29 is 9.18 Å². The monoisotopic (exact) mass is 323 g/mol. The number of pyridine rings is 1. The summed E-state index contributed by atoms with van der Waals surface area (Å²) in [6, 6.07) is 5.88. The summed E-state index contributed by atoms with van der Waals surface area (Å²) in [5.41, 5.74) is 7.05. The molecule has 6 heteroatoms. The van der Waals surface area contributed by atoms with Crippen molar-refractivity contribution in [3.63, 3.8) is 0 Å². The molecule has 0 unspecified atom stereocenters. The van der Waals surface area contributed by atoms with Crippen LogP contribution in [-0.2, 0) is 0 Å². The van der Waals surface area contributed by atoms with E-state index >= 15 is 0 Å². The minimum Gasteiger partial charge on any atom is -0.398 e. The van der Waals surface area contributed by atoms with Gasteiger partial charge in [0.2, 0.25) is 0 Å². The Morgan fingerprint density at radius 3 is 2.84 bits per heavy atom. The Balaban J connectivity index is 2.28. The molecule has 1 heterocycles. The Labute approximate surface area is 118 Å². The molecule has 0 atom stereocenters. The zero-order valence-corrected chi connectivity index (χ0v) is 11.7. The van der Waals surface area contributed by atoms with Gasteiger partial charge in [-0.25, -0.2) is 4.39 Å². The second-order valence-corrected chi connectivity index (χ2v) is 4.91. The molecule has 1 aromatic carbocycles. The van der Waals surface area contributed by atoms with Crippen molar-refractivity contribution in [1.82, 2.24) is 4.98 Å². The smallest absolute Gasteiger partial charge is 0.259 e. The summed E-state index contributed by atoms with van der Waals surface area (Å²) in [6.45, 7) is 1.77. The molecular formula is C13H11BrFN3O. The maximum atomic E-state index is 13.5. The molecule has 0 bridgehead atoms. The largest absolute Gasteiger partial charge is 0.398 e. The highest BCUT2D eigenvalue weighted by Crippen LogP contribution is 2.21. The zero-order valence-electron chi connectivity index (χ0n) is 10.1. The quantitative estimate of drug-likeness (QED) is 0.892. The third-order valence-corrected chi connectivity index (χ3v) is 2.99. The van der Waals surface area contributed by atoms with Gasteiger partial charge >= 0.3 is 0 Å². The van der Waals surface area contributed by atoms with E-state index in [1.165, 1.54) is 18.3 Å². The summed E-state index contributed by atoms with van der Waals surface area (Å²) in [4.78, 5) is 16.0. The number of carbonyl (C=O) groups excluding carboxylic acids is 1. The van der Waals surface area contributed by atoms with Crippen molar-refractivity contribution in [2.45, 2.75) is 6.92 Å². The normalized spacial score (nSPS) is 10.3. The van der Waals surface area contributed by atoms with Crippen LogP contribution >= 0.6 is 15.9 Å². The number of nitrogens with two attached hydrogens (primary N) is 1. The van der Waals surface area contributed by atoms with E-state index in [2.05, 4.69) is 26.2 Å². The summed E-state index contributed by atoms with van der Waals surface area (Å²) < 4.78 is 14.2. The minimum atomic E-state index is -0.518. The lowest BCUT2D eigenvalue weighted by molar-refractivity contribution is 0.102. The maximum absolute atomic E-state index is 13.5. The van der Waals surface area contributed by atoms with Crippen molar-refractivity contribution >= 4 is 33.2 Å². The highest BCUT2D eigenvalue weighted by atomic mass is 79.9. The van der Waals surface area contributed by atoms with Gasteiger partial charge in [0.05, 0.1) is 11.3 Å². The first-order chi connectivity index (χ1) is 8.97. The number of hydrogen-bond acceptors (Lipinski definition) is 3. The molecule has 1 aromatic heterocycles. The number of aromatic nitrogens is 1. The Hall–Kier alpha value is -1.95. The summed E-state index contributed by atoms with van der Waals surface area (Å²) >= 11 is 3.21. The maximum Gasteiger partial charge on any atom is 0.259 e. The zero-order chi connectivity index (χ0) is 14.0. The first-order valence-corrected chi connectivity index (χ1v) is 6.25. The van der Waals surface area contributed by atoms with E-state index in [1.54, 1.807) is 19.1 Å². The number of nitrogens with zero attached hydrogens (tertiary/aromatic N) is 1. The summed E-state index contributed by atoms with van der Waals surface area (Å²) in [7, 11) is 0. The topological polar surface area (TPSA) is 68.0 Å². The number of anilines is 2. The average Bonchev–Trinajstić information content (AvgIpc) is 2.33. The van der Waals surface area contributed by atoms with E-state index in [0.717, 1.165) is 0 Å². The molecule has 19 heavy (non-hydrogen) atoms. The molecule has 0 saturated carbocycles. The van der Waals surface area contributed by atoms with Crippen LogP contribution in [0.2, 0.25) is 0 Å². The molecule has 2 rings (SSSR count). The van der Waals surface area contributed by atoms with Crippen LogP contribution in [0.25, 0.3) is 0 Å². The van der Waals surface area contributed by atoms with Gasteiger partial charge in [-0.2, -0.15) is 0 Å². The Morgan fingerprint density at radius 2 is 2.16 bits per heavy atom. The van der Waals surface area contributed by atoms with Gasteiger partial charge in [0, 0.05) is 22.1 Å². The predicted octanol–water partition coefficient (Wildman–Crippen LogP) is 3.13. The van der Waals surface area contributed by atoms with E-state index < -0.39 is 11.7 Å². The van der Waals surface area contributed by atoms with Crippen molar-refractivity contribution in [2.24, 2.45) is 0 Å². The highest BCUT2D eigenvalue weighted by molar-refractivity contribution is 9.10. The molecule has 3 N–H and O–H groups in total. The summed E-state index contributed by atoms with van der Waals surface area (Å²) in [5, 5.41) is 2.46. The van der Waals surface area contributed by atoms with E-state index in [-0.39, 0.29) is 11.3 Å². The molecule has 98 valence electrons. The summed E-state index contributed by atoms with van der Waals surface area (Å²) in [5.74, 6) is -1.02. The first-order valence-electron chi connectivity index (χ1n) is 5.46. The lowest BCUT2D eigenvalue weighted by Crippen LogP contribution is -2.15. The molecule has 0 aliphatic carbocycles. The number of benzene rings is 1. The molecule has 4 nitrogen and oxygen atoms in total. The van der Waals surface area contributed by atoms with Gasteiger partial charge in [0.25, 0.3) is 5.91 Å². The minimum absolute atomic E-state index is 0.0827. The van der Waals surface area contributed by atoms with E-state index in [1.807, 2.05) is 0 Å². The lowest BCUT2D eigenvalue weighted by Gasteiger charge is -2.09. The van der Waals surface area contributed by atoms with Crippen LogP contribution in [0.4, 0.5) is 15.8 Å². The number of aryl methyl sites for hydroxylation is 1. The van der Waals surface area contributed by atoms with Gasteiger partial charge < -0.3 is 11.1 Å². The second kappa shape index (κ2) is 5.36. The number of halogens is 2. The molecule has 0 aliphatic heterocycles. The fourth-order valence-corrected chi connectivity index (χ4v) is 1.91. The lowest BCUT2D eigenvalue weighted by atomic mass is 10.2. The highest BCUT2D eigenvalue weighted by Gasteiger charge is 2.13. The van der Waals surface area contributed by atoms with Gasteiger partial charge in [-0.15, -0.1) is 0 Å². The SMILES string of the molecule is Cc1cc(N)c(C(=O)Nc2cc(Br)ccc2F)cn1. The molecular weight excluding hydrogens is 313 g/mol. The van der Waals surface area contributed by atoms with Crippen LogP contribution in [0.1, 0.15) is 16.1 Å². The van der Waals surface area contributed by atoms with E-state index in [0.29, 0.717) is 15.9 Å². The Morgan fingerprint density at radius 1 is 1.42 bits per heavy atom. The van der Waals surface area contributed by atoms with E-state index in [4.69, 9.17) is 5.73 Å². The predicted molar refractivity (Wildman–Crippen MR) is 75.4 cm³/mol. The van der Waals surface area contributed by atoms with Gasteiger partial charge in [0.15, 0.2) is 0 Å². The third kappa shape index (κ3) is 3.08. The second-order valence-electron chi connectivity index (χ2n) is 3.99. The van der Waals surface area contributed by atoms with Gasteiger partial charge in [-0.05, 0) is 31.2 Å². The average molecular weight is 324 g/mol. The van der Waals surface area contributed by atoms with Crippen LogP contribution < -0.4 is 11.1 Å². The summed E-state index contributed by atoms with van der Waals surface area (Å²) in [6.07, 6.45) is 1.37. The number of rotatable bonds is 2. The van der Waals surface area contributed by atoms with Crippen LogP contribution in [0, 0.1) is 12.7 Å². The van der Waals surface area contributed by atoms with Crippen molar-refractivity contribution in [2.75, 3.05) is 11.1 Å². The van der Waals surface area contributed by atoms with Crippen molar-refractivity contribution in [3.05, 3.63) is 52.0 Å². The fraction of sp³-hybridized carbons (Fsp3) is 0.0769. The molecule has 1 amide bonds. The number of hydrogen-bond donors (Lipinski definition) is 2. The van der Waals surface area contributed by atoms with Gasteiger partial charge in [-0.1, -0.05) is 15.9 Å². The number of nitrogens with one attached hydrogen (secondary N) is 1. The Bertz CT molecular complexity index is 646. The fourth-order valence-electron chi connectivity index (χ4n) is 1.55. The molecule has 0 aliphatic rings. The molecule has 0 radical (unpaired) electrons. The standard InChI is InChI=1S/C13H11BrFN3O/c1-7-4-11(16)9(6-17-7)13(19)18-12-5-8(14)2-3-10(12)15/h2-6H,1H3,(H2,16,17)(H,18,19). The van der Waals surface area contributed by atoms with Crippen LogP contribution in [-0.4, -0.2) is 10.9 Å². The third-order valence-electron chi connectivity index (χ3n) is 2.49. The first kappa shape index (κ1) is 13.5.